The van der Waals surface area contributed by atoms with E-state index in [0.717, 1.165) is 30.6 Å². The van der Waals surface area contributed by atoms with Gasteiger partial charge >= 0.3 is 0 Å². The summed E-state index contributed by atoms with van der Waals surface area (Å²) in [5.74, 6) is 0.934. The first-order valence-electron chi connectivity index (χ1n) is 9.36. The molecule has 1 fully saturated rings. The Kier molecular flexibility index (Phi) is 5.35. The molecular formula is C21H28N2O3. The van der Waals surface area contributed by atoms with Crippen molar-refractivity contribution in [2.75, 3.05) is 19.6 Å². The quantitative estimate of drug-likeness (QED) is 0.844. The van der Waals surface area contributed by atoms with Gasteiger partial charge in [-0.05, 0) is 50.8 Å². The second-order valence-corrected chi connectivity index (χ2v) is 7.87. The first-order chi connectivity index (χ1) is 12.4. The number of rotatable bonds is 4. The number of hydrogen-bond acceptors (Lipinski definition) is 3. The highest BCUT2D eigenvalue weighted by Crippen LogP contribution is 2.40. The highest BCUT2D eigenvalue weighted by atomic mass is 16.5. The third-order valence-electron chi connectivity index (χ3n) is 5.28. The van der Waals surface area contributed by atoms with E-state index in [1.54, 1.807) is 4.90 Å². The molecule has 0 saturated carbocycles. The van der Waals surface area contributed by atoms with E-state index in [2.05, 4.69) is 31.8 Å². The fourth-order valence-corrected chi connectivity index (χ4v) is 4.02. The van der Waals surface area contributed by atoms with Gasteiger partial charge < -0.3 is 15.0 Å². The van der Waals surface area contributed by atoms with Crippen molar-refractivity contribution < 1.29 is 14.3 Å². The molecule has 26 heavy (non-hydrogen) atoms. The van der Waals surface area contributed by atoms with Crippen molar-refractivity contribution in [2.45, 2.75) is 44.6 Å². The molecule has 5 nitrogen and oxygen atoms in total. The van der Waals surface area contributed by atoms with Crippen LogP contribution in [0.25, 0.3) is 0 Å². The van der Waals surface area contributed by atoms with Crippen LogP contribution in [0.1, 0.15) is 44.6 Å². The van der Waals surface area contributed by atoms with E-state index in [-0.39, 0.29) is 29.3 Å². The first-order valence-corrected chi connectivity index (χ1v) is 9.36. The van der Waals surface area contributed by atoms with Crippen LogP contribution in [0.4, 0.5) is 0 Å². The van der Waals surface area contributed by atoms with Crippen LogP contribution in [-0.2, 0) is 9.59 Å². The molecule has 1 aromatic carbocycles. The topological polar surface area (TPSA) is 58.6 Å². The Morgan fingerprint density at radius 3 is 2.92 bits per heavy atom. The molecule has 1 aromatic rings. The molecule has 3 rings (SSSR count). The number of nitrogens with zero attached hydrogens (tertiary/aromatic N) is 1. The van der Waals surface area contributed by atoms with Gasteiger partial charge in [0.05, 0.1) is 5.92 Å². The molecule has 0 aromatic heterocycles. The van der Waals surface area contributed by atoms with Gasteiger partial charge in [0, 0.05) is 25.6 Å². The zero-order valence-electron chi connectivity index (χ0n) is 15.7. The van der Waals surface area contributed by atoms with Gasteiger partial charge in [-0.2, -0.15) is 0 Å². The molecule has 2 atom stereocenters. The summed E-state index contributed by atoms with van der Waals surface area (Å²) in [6, 6.07) is 8.05. The van der Waals surface area contributed by atoms with Gasteiger partial charge in [0.15, 0.2) is 0 Å². The van der Waals surface area contributed by atoms with Crippen LogP contribution in [0, 0.1) is 5.92 Å². The van der Waals surface area contributed by atoms with Gasteiger partial charge in [0.2, 0.25) is 11.8 Å². The minimum Gasteiger partial charge on any atom is -0.488 e. The largest absolute Gasteiger partial charge is 0.488 e. The third-order valence-corrected chi connectivity index (χ3v) is 5.28. The minimum atomic E-state index is -0.248. The maximum absolute atomic E-state index is 12.7. The highest BCUT2D eigenvalue weighted by molar-refractivity contribution is 5.88. The maximum Gasteiger partial charge on any atom is 0.245 e. The summed E-state index contributed by atoms with van der Waals surface area (Å²) in [5, 5.41) is 3.12. The molecule has 2 amide bonds. The van der Waals surface area contributed by atoms with E-state index < -0.39 is 0 Å². The zero-order valence-corrected chi connectivity index (χ0v) is 15.7. The maximum atomic E-state index is 12.7. The predicted molar refractivity (Wildman–Crippen MR) is 101 cm³/mol. The minimum absolute atomic E-state index is 0.0355. The lowest BCUT2D eigenvalue weighted by atomic mass is 9.84. The molecule has 5 heteroatoms. The van der Waals surface area contributed by atoms with Crippen LogP contribution < -0.4 is 10.1 Å². The molecule has 1 N–H and O–H groups in total. The number of amides is 2. The van der Waals surface area contributed by atoms with Gasteiger partial charge in [0.1, 0.15) is 11.4 Å². The average molecular weight is 356 g/mol. The molecule has 0 aliphatic carbocycles. The summed E-state index contributed by atoms with van der Waals surface area (Å²) in [6.07, 6.45) is 3.85. The second kappa shape index (κ2) is 7.52. The molecule has 0 spiro atoms. The zero-order chi connectivity index (χ0) is 18.7. The Hall–Kier alpha value is -2.30. The van der Waals surface area contributed by atoms with E-state index in [1.165, 1.54) is 6.08 Å². The summed E-state index contributed by atoms with van der Waals surface area (Å²) in [4.78, 5) is 26.2. The van der Waals surface area contributed by atoms with Crippen molar-refractivity contribution in [1.29, 1.82) is 0 Å². The molecule has 2 unspecified atom stereocenters. The molecule has 1 saturated heterocycles. The predicted octanol–water partition coefficient (Wildman–Crippen LogP) is 2.87. The number of carbonyl (C=O) groups excluding carboxylic acids is 2. The number of benzene rings is 1. The van der Waals surface area contributed by atoms with Crippen LogP contribution in [0.5, 0.6) is 5.75 Å². The Balaban J connectivity index is 1.62. The number of ether oxygens (including phenoxy) is 1. The van der Waals surface area contributed by atoms with Crippen molar-refractivity contribution in [3.8, 4) is 5.75 Å². The fraction of sp³-hybridized carbons (Fsp3) is 0.524. The lowest BCUT2D eigenvalue weighted by Gasteiger charge is -2.38. The number of hydrogen-bond donors (Lipinski definition) is 1. The molecule has 2 aliphatic rings. The van der Waals surface area contributed by atoms with Crippen molar-refractivity contribution >= 4 is 11.8 Å². The smallest absolute Gasteiger partial charge is 0.245 e. The monoisotopic (exact) mass is 356 g/mol. The van der Waals surface area contributed by atoms with Crippen LogP contribution >= 0.6 is 0 Å². The van der Waals surface area contributed by atoms with E-state index in [1.807, 2.05) is 18.2 Å². The standard InChI is InChI=1S/C21H28N2O3/c1-4-19(24)23-11-7-8-15(14-23)20(25)22-13-16-12-21(2,3)26-18-10-6-5-9-17(16)18/h4-6,9-10,15-16H,1,7-8,11-14H2,2-3H3,(H,22,25). The molecule has 0 bridgehead atoms. The Morgan fingerprint density at radius 1 is 1.38 bits per heavy atom. The van der Waals surface area contributed by atoms with Crippen molar-refractivity contribution in [3.05, 3.63) is 42.5 Å². The molecule has 2 heterocycles. The van der Waals surface area contributed by atoms with Crippen LogP contribution in [0.2, 0.25) is 0 Å². The van der Waals surface area contributed by atoms with Gasteiger partial charge in [-0.25, -0.2) is 0 Å². The molecule has 2 aliphatic heterocycles. The molecule has 140 valence electrons. The summed E-state index contributed by atoms with van der Waals surface area (Å²) in [5.41, 5.74) is 0.904. The number of likely N-dealkylation sites (tertiary alicyclic amines) is 1. The van der Waals surface area contributed by atoms with E-state index in [9.17, 15) is 9.59 Å². The van der Waals surface area contributed by atoms with Gasteiger partial charge in [-0.3, -0.25) is 9.59 Å². The fourth-order valence-electron chi connectivity index (χ4n) is 4.02. The summed E-state index contributed by atoms with van der Waals surface area (Å²) in [6.45, 7) is 9.47. The highest BCUT2D eigenvalue weighted by Gasteiger charge is 2.34. The van der Waals surface area contributed by atoms with Crippen molar-refractivity contribution in [2.24, 2.45) is 5.92 Å². The number of carbonyl (C=O) groups is 2. The first kappa shape index (κ1) is 18.5. The summed E-state index contributed by atoms with van der Waals surface area (Å²) < 4.78 is 6.06. The normalized spacial score (nSPS) is 24.2. The number of piperidine rings is 1. The molecular weight excluding hydrogens is 328 g/mol. The van der Waals surface area contributed by atoms with Gasteiger partial charge in [0.25, 0.3) is 0 Å². The number of fused-ring (bicyclic) bond motifs is 1. The Bertz CT molecular complexity index is 698. The van der Waals surface area contributed by atoms with Crippen molar-refractivity contribution in [3.63, 3.8) is 0 Å². The number of para-hydroxylation sites is 1. The molecule has 0 radical (unpaired) electrons. The van der Waals surface area contributed by atoms with E-state index in [0.29, 0.717) is 19.6 Å². The average Bonchev–Trinajstić information content (AvgIpc) is 2.64. The second-order valence-electron chi connectivity index (χ2n) is 7.87. The lowest BCUT2D eigenvalue weighted by Crippen LogP contribution is -2.46. The lowest BCUT2D eigenvalue weighted by molar-refractivity contribution is -0.132. The van der Waals surface area contributed by atoms with E-state index in [4.69, 9.17) is 4.74 Å². The Labute approximate surface area is 155 Å². The summed E-state index contributed by atoms with van der Waals surface area (Å²) >= 11 is 0. The van der Waals surface area contributed by atoms with E-state index >= 15 is 0 Å². The third kappa shape index (κ3) is 4.09. The van der Waals surface area contributed by atoms with Crippen LogP contribution in [-0.4, -0.2) is 41.9 Å². The number of nitrogens with one attached hydrogen (secondary N) is 1. The van der Waals surface area contributed by atoms with Crippen LogP contribution in [0.15, 0.2) is 36.9 Å². The van der Waals surface area contributed by atoms with Gasteiger partial charge in [-0.15, -0.1) is 0 Å². The van der Waals surface area contributed by atoms with Crippen molar-refractivity contribution in [1.82, 2.24) is 10.2 Å². The SMILES string of the molecule is C=CC(=O)N1CCCC(C(=O)NCC2CC(C)(C)Oc3ccccc32)C1. The Morgan fingerprint density at radius 2 is 2.15 bits per heavy atom. The summed E-state index contributed by atoms with van der Waals surface area (Å²) in [7, 11) is 0. The van der Waals surface area contributed by atoms with Crippen LogP contribution in [0.3, 0.4) is 0 Å². The van der Waals surface area contributed by atoms with Gasteiger partial charge in [-0.1, -0.05) is 24.8 Å².